The van der Waals surface area contributed by atoms with Crippen LogP contribution in [0, 0.1) is 0 Å². The SMILES string of the molecule is CCOP(=O)(OCC)C1(C(=O)OC(C)(C)C)CCCC1. The standard InChI is InChI=1S/C14H27O5P/c1-6-17-20(16,18-7-2)14(10-8-9-11-14)12(15)19-13(3,4)5/h6-11H2,1-5H3. The summed E-state index contributed by atoms with van der Waals surface area (Å²) in [6.45, 7) is 9.43. The average Bonchev–Trinajstić information content (AvgIpc) is 2.77. The van der Waals surface area contributed by atoms with E-state index in [1.165, 1.54) is 0 Å². The van der Waals surface area contributed by atoms with Crippen molar-refractivity contribution in [1.82, 2.24) is 0 Å². The van der Waals surface area contributed by atoms with Gasteiger partial charge >= 0.3 is 13.6 Å². The first-order valence-corrected chi connectivity index (χ1v) is 8.88. The molecule has 5 nitrogen and oxygen atoms in total. The molecule has 118 valence electrons. The molecule has 0 aromatic heterocycles. The van der Waals surface area contributed by atoms with E-state index in [4.69, 9.17) is 13.8 Å². The second-order valence-corrected chi connectivity index (χ2v) is 8.44. The van der Waals surface area contributed by atoms with E-state index >= 15 is 0 Å². The normalized spacial score (nSPS) is 19.1. The molecular weight excluding hydrogens is 279 g/mol. The van der Waals surface area contributed by atoms with Gasteiger partial charge in [-0.1, -0.05) is 12.8 Å². The molecule has 0 bridgehead atoms. The molecule has 0 aliphatic heterocycles. The Bertz CT molecular complexity index is 370. The number of hydrogen-bond donors (Lipinski definition) is 0. The van der Waals surface area contributed by atoms with Crippen LogP contribution in [0.4, 0.5) is 0 Å². The van der Waals surface area contributed by atoms with E-state index in [2.05, 4.69) is 0 Å². The van der Waals surface area contributed by atoms with E-state index in [1.54, 1.807) is 34.6 Å². The largest absolute Gasteiger partial charge is 0.459 e. The highest BCUT2D eigenvalue weighted by Crippen LogP contribution is 2.66. The van der Waals surface area contributed by atoms with Gasteiger partial charge in [-0.3, -0.25) is 9.36 Å². The van der Waals surface area contributed by atoms with E-state index in [9.17, 15) is 9.36 Å². The van der Waals surface area contributed by atoms with Gasteiger partial charge in [0.05, 0.1) is 13.2 Å². The molecule has 0 aromatic rings. The van der Waals surface area contributed by atoms with Crippen molar-refractivity contribution in [3.63, 3.8) is 0 Å². The van der Waals surface area contributed by atoms with Gasteiger partial charge in [0.2, 0.25) is 0 Å². The molecule has 0 unspecified atom stereocenters. The Morgan fingerprint density at radius 2 is 1.55 bits per heavy atom. The van der Waals surface area contributed by atoms with Crippen LogP contribution in [0.5, 0.6) is 0 Å². The van der Waals surface area contributed by atoms with Crippen molar-refractivity contribution in [2.24, 2.45) is 0 Å². The fraction of sp³-hybridized carbons (Fsp3) is 0.929. The third-order valence-corrected chi connectivity index (χ3v) is 6.21. The minimum Gasteiger partial charge on any atom is -0.459 e. The molecule has 1 saturated carbocycles. The van der Waals surface area contributed by atoms with Crippen molar-refractivity contribution in [3.05, 3.63) is 0 Å². The van der Waals surface area contributed by atoms with Crippen LogP contribution in [0.25, 0.3) is 0 Å². The fourth-order valence-electron chi connectivity index (χ4n) is 2.55. The van der Waals surface area contributed by atoms with Gasteiger partial charge in [-0.05, 0) is 47.5 Å². The summed E-state index contributed by atoms with van der Waals surface area (Å²) in [6.07, 6.45) is 2.67. The molecule has 0 spiro atoms. The number of rotatable bonds is 6. The summed E-state index contributed by atoms with van der Waals surface area (Å²) in [7, 11) is -3.51. The van der Waals surface area contributed by atoms with Crippen LogP contribution in [-0.2, 0) is 23.1 Å². The maximum absolute atomic E-state index is 13.1. The van der Waals surface area contributed by atoms with Gasteiger partial charge in [0, 0.05) is 0 Å². The molecule has 20 heavy (non-hydrogen) atoms. The Morgan fingerprint density at radius 1 is 1.10 bits per heavy atom. The average molecular weight is 306 g/mol. The maximum Gasteiger partial charge on any atom is 0.347 e. The third-order valence-electron chi connectivity index (χ3n) is 3.33. The van der Waals surface area contributed by atoms with Crippen molar-refractivity contribution >= 4 is 13.6 Å². The van der Waals surface area contributed by atoms with Crippen LogP contribution >= 0.6 is 7.60 Å². The maximum atomic E-state index is 13.1. The minimum absolute atomic E-state index is 0.252. The predicted molar refractivity (Wildman–Crippen MR) is 77.9 cm³/mol. The number of ether oxygens (including phenoxy) is 1. The quantitative estimate of drug-likeness (QED) is 0.550. The van der Waals surface area contributed by atoms with Gasteiger partial charge in [-0.15, -0.1) is 0 Å². The fourth-order valence-corrected chi connectivity index (χ4v) is 4.93. The summed E-state index contributed by atoms with van der Waals surface area (Å²) in [5, 5.41) is -1.13. The van der Waals surface area contributed by atoms with E-state index < -0.39 is 24.3 Å². The molecule has 0 amide bonds. The van der Waals surface area contributed by atoms with Crippen LogP contribution in [0.1, 0.15) is 60.3 Å². The van der Waals surface area contributed by atoms with Gasteiger partial charge in [-0.2, -0.15) is 0 Å². The summed E-state index contributed by atoms with van der Waals surface area (Å²) in [5.41, 5.74) is -0.615. The Kier molecular flexibility index (Phi) is 5.82. The Labute approximate surface area is 121 Å². The molecule has 6 heteroatoms. The van der Waals surface area contributed by atoms with Gasteiger partial charge in [0.1, 0.15) is 5.60 Å². The third kappa shape index (κ3) is 3.63. The van der Waals surface area contributed by atoms with Crippen molar-refractivity contribution in [2.45, 2.75) is 71.1 Å². The van der Waals surface area contributed by atoms with Gasteiger partial charge in [0.15, 0.2) is 5.16 Å². The van der Waals surface area contributed by atoms with Crippen LogP contribution in [-0.4, -0.2) is 29.9 Å². The molecule has 0 N–H and O–H groups in total. The molecule has 0 radical (unpaired) electrons. The smallest absolute Gasteiger partial charge is 0.347 e. The van der Waals surface area contributed by atoms with E-state index in [0.29, 0.717) is 12.8 Å². The zero-order valence-corrected chi connectivity index (χ0v) is 14.1. The molecule has 0 heterocycles. The summed E-state index contributed by atoms with van der Waals surface area (Å²) < 4.78 is 29.5. The first kappa shape index (κ1) is 17.7. The summed E-state index contributed by atoms with van der Waals surface area (Å²) in [6, 6.07) is 0. The molecule has 1 fully saturated rings. The summed E-state index contributed by atoms with van der Waals surface area (Å²) >= 11 is 0. The first-order valence-electron chi connectivity index (χ1n) is 7.33. The Balaban J connectivity index is 3.12. The highest BCUT2D eigenvalue weighted by Gasteiger charge is 2.59. The van der Waals surface area contributed by atoms with Crippen LogP contribution < -0.4 is 0 Å². The van der Waals surface area contributed by atoms with Crippen LogP contribution in [0.15, 0.2) is 0 Å². The summed E-state index contributed by atoms with van der Waals surface area (Å²) in [4.78, 5) is 12.6. The van der Waals surface area contributed by atoms with Gasteiger partial charge in [-0.25, -0.2) is 0 Å². The predicted octanol–water partition coefficient (Wildman–Crippen LogP) is 3.91. The van der Waals surface area contributed by atoms with E-state index in [-0.39, 0.29) is 13.2 Å². The van der Waals surface area contributed by atoms with Crippen molar-refractivity contribution in [3.8, 4) is 0 Å². The van der Waals surface area contributed by atoms with Crippen molar-refractivity contribution in [1.29, 1.82) is 0 Å². The topological polar surface area (TPSA) is 61.8 Å². The van der Waals surface area contributed by atoms with Crippen LogP contribution in [0.3, 0.4) is 0 Å². The lowest BCUT2D eigenvalue weighted by atomic mass is 10.1. The second kappa shape index (κ2) is 6.59. The van der Waals surface area contributed by atoms with Gasteiger partial charge in [0.25, 0.3) is 0 Å². The zero-order valence-electron chi connectivity index (χ0n) is 13.2. The molecule has 0 saturated heterocycles. The van der Waals surface area contributed by atoms with Gasteiger partial charge < -0.3 is 13.8 Å². The van der Waals surface area contributed by atoms with Crippen molar-refractivity contribution in [2.75, 3.05) is 13.2 Å². The first-order chi connectivity index (χ1) is 9.21. The molecular formula is C14H27O5P. The lowest BCUT2D eigenvalue weighted by Crippen LogP contribution is -2.42. The molecule has 0 aromatic carbocycles. The molecule has 1 aliphatic carbocycles. The highest BCUT2D eigenvalue weighted by molar-refractivity contribution is 7.56. The number of hydrogen-bond acceptors (Lipinski definition) is 5. The lowest BCUT2D eigenvalue weighted by molar-refractivity contribution is -0.158. The Morgan fingerprint density at radius 3 is 1.90 bits per heavy atom. The number of carbonyl (C=O) groups is 1. The number of carbonyl (C=O) groups excluding carboxylic acids is 1. The molecule has 0 atom stereocenters. The monoisotopic (exact) mass is 306 g/mol. The minimum atomic E-state index is -3.51. The number of esters is 1. The molecule has 1 aliphatic rings. The highest BCUT2D eigenvalue weighted by atomic mass is 31.2. The lowest BCUT2D eigenvalue weighted by Gasteiger charge is -2.35. The Hall–Kier alpha value is -0.380. The van der Waals surface area contributed by atoms with E-state index in [0.717, 1.165) is 12.8 Å². The van der Waals surface area contributed by atoms with Crippen LogP contribution in [0.2, 0.25) is 0 Å². The van der Waals surface area contributed by atoms with Crippen molar-refractivity contribution < 1.29 is 23.1 Å². The van der Waals surface area contributed by atoms with E-state index in [1.807, 2.05) is 0 Å². The zero-order chi connectivity index (χ0) is 15.4. The summed E-state index contributed by atoms with van der Waals surface area (Å²) in [5.74, 6) is -0.451. The molecule has 1 rings (SSSR count). The second-order valence-electron chi connectivity index (χ2n) is 6.07.